The normalized spacial score (nSPS) is 13.2. The molecule has 4 rings (SSSR count). The highest BCUT2D eigenvalue weighted by Crippen LogP contribution is 2.35. The molecule has 4 nitrogen and oxygen atoms in total. The first kappa shape index (κ1) is 17.1. The highest BCUT2D eigenvalue weighted by Gasteiger charge is 2.23. The van der Waals surface area contributed by atoms with Crippen LogP contribution in [0.25, 0.3) is 0 Å². The molecule has 0 aliphatic carbocycles. The summed E-state index contributed by atoms with van der Waals surface area (Å²) in [6, 6.07) is 19.0. The molecule has 0 atom stereocenters. The summed E-state index contributed by atoms with van der Waals surface area (Å²) >= 11 is 5.19. The minimum Gasteiger partial charge on any atom is -0.439 e. The number of aromatic nitrogens is 1. The highest BCUT2D eigenvalue weighted by atomic mass is 79.9. The summed E-state index contributed by atoms with van der Waals surface area (Å²) in [5.41, 5.74) is 1.51. The van der Waals surface area contributed by atoms with Gasteiger partial charge in [-0.2, -0.15) is 0 Å². The molecule has 0 spiro atoms. The van der Waals surface area contributed by atoms with Crippen molar-refractivity contribution >= 4 is 39.3 Å². The maximum Gasteiger partial charge on any atom is 0.259 e. The number of pyridine rings is 1. The van der Waals surface area contributed by atoms with E-state index in [-0.39, 0.29) is 5.91 Å². The van der Waals surface area contributed by atoms with E-state index >= 15 is 0 Å². The minimum absolute atomic E-state index is 0.0424. The van der Waals surface area contributed by atoms with Crippen LogP contribution in [0.5, 0.6) is 11.6 Å². The molecular formula is C20H15BrN2O2S. The third-order valence-corrected chi connectivity index (χ3v) is 5.51. The van der Waals surface area contributed by atoms with Crippen LogP contribution in [0.4, 0.5) is 5.69 Å². The first-order chi connectivity index (χ1) is 12.7. The Morgan fingerprint density at radius 1 is 1.12 bits per heavy atom. The van der Waals surface area contributed by atoms with Crippen LogP contribution in [-0.2, 0) is 0 Å². The van der Waals surface area contributed by atoms with Crippen molar-refractivity contribution in [1.82, 2.24) is 4.98 Å². The summed E-state index contributed by atoms with van der Waals surface area (Å²) in [6.45, 7) is 0.691. The minimum atomic E-state index is -0.0424. The van der Waals surface area contributed by atoms with Crippen molar-refractivity contribution in [2.75, 3.05) is 17.2 Å². The van der Waals surface area contributed by atoms with Gasteiger partial charge in [-0.25, -0.2) is 4.98 Å². The molecule has 130 valence electrons. The molecule has 1 aliphatic rings. The molecule has 26 heavy (non-hydrogen) atoms. The maximum atomic E-state index is 12.9. The lowest BCUT2D eigenvalue weighted by Crippen LogP contribution is -2.35. The van der Waals surface area contributed by atoms with Crippen molar-refractivity contribution in [3.05, 3.63) is 76.9 Å². The molecule has 2 heterocycles. The fourth-order valence-corrected chi connectivity index (χ4v) is 4.13. The summed E-state index contributed by atoms with van der Waals surface area (Å²) in [5, 5.41) is 0. The quantitative estimate of drug-likeness (QED) is 0.562. The molecule has 0 fully saturated rings. The van der Waals surface area contributed by atoms with Crippen LogP contribution >= 0.6 is 27.7 Å². The van der Waals surface area contributed by atoms with Crippen molar-refractivity contribution in [3.8, 4) is 11.6 Å². The number of anilines is 1. The van der Waals surface area contributed by atoms with E-state index in [4.69, 9.17) is 4.74 Å². The molecule has 2 aromatic carbocycles. The number of halogens is 1. The van der Waals surface area contributed by atoms with Crippen molar-refractivity contribution in [1.29, 1.82) is 0 Å². The molecule has 3 aromatic rings. The number of thioether (sulfide) groups is 1. The maximum absolute atomic E-state index is 12.9. The van der Waals surface area contributed by atoms with Gasteiger partial charge in [0.1, 0.15) is 5.75 Å². The third kappa shape index (κ3) is 3.61. The van der Waals surface area contributed by atoms with Gasteiger partial charge in [-0.15, -0.1) is 11.8 Å². The van der Waals surface area contributed by atoms with E-state index in [0.29, 0.717) is 23.7 Å². The van der Waals surface area contributed by atoms with Gasteiger partial charge in [0, 0.05) is 33.9 Å². The highest BCUT2D eigenvalue weighted by molar-refractivity contribution is 9.10. The lowest BCUT2D eigenvalue weighted by atomic mass is 10.2. The Bertz CT molecular complexity index is 947. The number of para-hydroxylation sites is 1. The molecule has 1 amide bonds. The van der Waals surface area contributed by atoms with Crippen LogP contribution in [0.2, 0.25) is 0 Å². The molecular weight excluding hydrogens is 412 g/mol. The second-order valence-corrected chi connectivity index (χ2v) is 7.77. The lowest BCUT2D eigenvalue weighted by molar-refractivity contribution is 0.0987. The fraction of sp³-hybridized carbons (Fsp3) is 0.100. The standard InChI is InChI=1S/C20H15BrN2O2S/c21-15-4-3-5-16(12-15)25-19-9-8-14(13-22-19)20(24)23-10-11-26-18-7-2-1-6-17(18)23/h1-9,12-13H,10-11H2. The van der Waals surface area contributed by atoms with E-state index in [1.165, 1.54) is 0 Å². The second kappa shape index (κ2) is 7.51. The monoisotopic (exact) mass is 426 g/mol. The van der Waals surface area contributed by atoms with Crippen LogP contribution < -0.4 is 9.64 Å². The average molecular weight is 427 g/mol. The number of rotatable bonds is 3. The third-order valence-electron chi connectivity index (χ3n) is 3.98. The van der Waals surface area contributed by atoms with E-state index in [0.717, 1.165) is 20.8 Å². The van der Waals surface area contributed by atoms with Gasteiger partial charge in [0.15, 0.2) is 0 Å². The largest absolute Gasteiger partial charge is 0.439 e. The first-order valence-electron chi connectivity index (χ1n) is 8.14. The van der Waals surface area contributed by atoms with Gasteiger partial charge in [-0.3, -0.25) is 4.79 Å². The molecule has 0 saturated carbocycles. The van der Waals surface area contributed by atoms with E-state index in [1.807, 2.05) is 53.4 Å². The molecule has 6 heteroatoms. The van der Waals surface area contributed by atoms with Gasteiger partial charge in [-0.05, 0) is 36.4 Å². The zero-order chi connectivity index (χ0) is 17.9. The Labute approximate surface area is 164 Å². The summed E-state index contributed by atoms with van der Waals surface area (Å²) in [5.74, 6) is 1.99. The van der Waals surface area contributed by atoms with Gasteiger partial charge in [0.05, 0.1) is 11.3 Å². The van der Waals surface area contributed by atoms with Gasteiger partial charge in [-0.1, -0.05) is 34.1 Å². The molecule has 0 saturated heterocycles. The molecule has 1 aliphatic heterocycles. The average Bonchev–Trinajstić information content (AvgIpc) is 2.68. The Morgan fingerprint density at radius 3 is 2.81 bits per heavy atom. The Balaban J connectivity index is 1.53. The van der Waals surface area contributed by atoms with E-state index in [9.17, 15) is 4.79 Å². The number of hydrogen-bond donors (Lipinski definition) is 0. The molecule has 0 bridgehead atoms. The zero-order valence-electron chi connectivity index (χ0n) is 13.8. The lowest BCUT2D eigenvalue weighted by Gasteiger charge is -2.28. The smallest absolute Gasteiger partial charge is 0.259 e. The number of ether oxygens (including phenoxy) is 1. The van der Waals surface area contributed by atoms with Crippen LogP contribution in [-0.4, -0.2) is 23.2 Å². The Kier molecular flexibility index (Phi) is 4.95. The van der Waals surface area contributed by atoms with Gasteiger partial charge in [0.2, 0.25) is 5.88 Å². The van der Waals surface area contributed by atoms with E-state index < -0.39 is 0 Å². The van der Waals surface area contributed by atoms with Gasteiger partial charge in [0.25, 0.3) is 5.91 Å². The predicted octanol–water partition coefficient (Wildman–Crippen LogP) is 5.39. The molecule has 0 N–H and O–H groups in total. The van der Waals surface area contributed by atoms with Gasteiger partial charge < -0.3 is 9.64 Å². The zero-order valence-corrected chi connectivity index (χ0v) is 16.2. The SMILES string of the molecule is O=C(c1ccc(Oc2cccc(Br)c2)nc1)N1CCSc2ccccc21. The van der Waals surface area contributed by atoms with Crippen molar-refractivity contribution in [2.45, 2.75) is 4.90 Å². The second-order valence-electron chi connectivity index (χ2n) is 5.72. The van der Waals surface area contributed by atoms with Gasteiger partial charge >= 0.3 is 0 Å². The summed E-state index contributed by atoms with van der Waals surface area (Å²) in [6.07, 6.45) is 1.57. The Hall–Kier alpha value is -2.31. The predicted molar refractivity (Wildman–Crippen MR) is 107 cm³/mol. The molecule has 0 unspecified atom stereocenters. The topological polar surface area (TPSA) is 42.4 Å². The van der Waals surface area contributed by atoms with E-state index in [2.05, 4.69) is 20.9 Å². The van der Waals surface area contributed by atoms with E-state index in [1.54, 1.807) is 30.1 Å². The summed E-state index contributed by atoms with van der Waals surface area (Å²) in [7, 11) is 0. The summed E-state index contributed by atoms with van der Waals surface area (Å²) in [4.78, 5) is 20.1. The van der Waals surface area contributed by atoms with Crippen LogP contribution in [0.15, 0.2) is 76.2 Å². The first-order valence-corrected chi connectivity index (χ1v) is 9.92. The van der Waals surface area contributed by atoms with Crippen LogP contribution in [0, 0.1) is 0 Å². The molecule has 0 radical (unpaired) electrons. The molecule has 1 aromatic heterocycles. The van der Waals surface area contributed by atoms with Crippen molar-refractivity contribution in [2.24, 2.45) is 0 Å². The number of hydrogen-bond acceptors (Lipinski definition) is 4. The van der Waals surface area contributed by atoms with Crippen LogP contribution in [0.1, 0.15) is 10.4 Å². The number of carbonyl (C=O) groups excluding carboxylic acids is 1. The van der Waals surface area contributed by atoms with Crippen molar-refractivity contribution < 1.29 is 9.53 Å². The number of carbonyl (C=O) groups is 1. The van der Waals surface area contributed by atoms with Crippen LogP contribution in [0.3, 0.4) is 0 Å². The number of fused-ring (bicyclic) bond motifs is 1. The number of amides is 1. The van der Waals surface area contributed by atoms with Crippen molar-refractivity contribution in [3.63, 3.8) is 0 Å². The number of benzene rings is 2. The Morgan fingerprint density at radius 2 is 2.00 bits per heavy atom. The summed E-state index contributed by atoms with van der Waals surface area (Å²) < 4.78 is 6.66. The number of nitrogens with zero attached hydrogens (tertiary/aromatic N) is 2. The fourth-order valence-electron chi connectivity index (χ4n) is 2.75.